The van der Waals surface area contributed by atoms with Gasteiger partial charge in [-0.25, -0.2) is 0 Å². The van der Waals surface area contributed by atoms with Crippen LogP contribution in [-0.4, -0.2) is 19.7 Å². The zero-order valence-corrected chi connectivity index (χ0v) is 14.5. The minimum Gasteiger partial charge on any atom is -0.496 e. The molecule has 0 amide bonds. The summed E-state index contributed by atoms with van der Waals surface area (Å²) in [5, 5.41) is 3.74. The smallest absolute Gasteiger partial charge is 0.122 e. The fraction of sp³-hybridized carbons (Fsp3) is 0.667. The molecule has 0 aromatic heterocycles. The van der Waals surface area contributed by atoms with Crippen molar-refractivity contribution in [1.29, 1.82) is 0 Å². The average Bonchev–Trinajstić information content (AvgIpc) is 3.31. The fourth-order valence-electron chi connectivity index (χ4n) is 3.62. The highest BCUT2D eigenvalue weighted by atomic mass is 79.9. The first-order valence-corrected chi connectivity index (χ1v) is 9.11. The van der Waals surface area contributed by atoms with Crippen molar-refractivity contribution in [2.45, 2.75) is 51.0 Å². The molecule has 3 rings (SSSR count). The van der Waals surface area contributed by atoms with Crippen LogP contribution in [0.5, 0.6) is 5.75 Å². The maximum atomic E-state index is 5.55. The van der Waals surface area contributed by atoms with Gasteiger partial charge >= 0.3 is 0 Å². The molecule has 0 radical (unpaired) electrons. The molecule has 0 bridgehead atoms. The van der Waals surface area contributed by atoms with E-state index in [9.17, 15) is 0 Å². The molecule has 0 aliphatic heterocycles. The summed E-state index contributed by atoms with van der Waals surface area (Å²) in [4.78, 5) is 0. The Labute approximate surface area is 136 Å². The van der Waals surface area contributed by atoms with E-state index in [1.807, 2.05) is 0 Å². The second-order valence-electron chi connectivity index (χ2n) is 6.65. The van der Waals surface area contributed by atoms with Gasteiger partial charge in [-0.15, -0.1) is 0 Å². The lowest BCUT2D eigenvalue weighted by atomic mass is 9.76. The Balaban J connectivity index is 1.66. The number of hydrogen-bond acceptors (Lipinski definition) is 2. The minimum absolute atomic E-state index is 0.799. The second kappa shape index (κ2) is 7.15. The third-order valence-electron chi connectivity index (χ3n) is 5.04. The quantitative estimate of drug-likeness (QED) is 0.810. The van der Waals surface area contributed by atoms with Crippen LogP contribution in [0.4, 0.5) is 0 Å². The van der Waals surface area contributed by atoms with Gasteiger partial charge in [0, 0.05) is 10.5 Å². The van der Waals surface area contributed by atoms with Gasteiger partial charge in [0.05, 0.1) is 7.11 Å². The van der Waals surface area contributed by atoms with Crippen LogP contribution in [0.15, 0.2) is 22.7 Å². The van der Waals surface area contributed by atoms with Gasteiger partial charge in [-0.2, -0.15) is 0 Å². The van der Waals surface area contributed by atoms with Crippen molar-refractivity contribution >= 4 is 15.9 Å². The summed E-state index contributed by atoms with van der Waals surface area (Å²) in [5.41, 5.74) is 1.36. The molecular weight excluding hydrogens is 326 g/mol. The van der Waals surface area contributed by atoms with E-state index in [4.69, 9.17) is 4.74 Å². The molecule has 0 heterocycles. The minimum atomic E-state index is 0.799. The molecule has 1 N–H and O–H groups in total. The monoisotopic (exact) mass is 351 g/mol. The highest BCUT2D eigenvalue weighted by Crippen LogP contribution is 2.35. The van der Waals surface area contributed by atoms with E-state index in [1.165, 1.54) is 50.6 Å². The zero-order chi connectivity index (χ0) is 14.7. The van der Waals surface area contributed by atoms with Crippen molar-refractivity contribution in [2.24, 2.45) is 11.8 Å². The molecule has 1 aromatic carbocycles. The van der Waals surface area contributed by atoms with Crippen molar-refractivity contribution < 1.29 is 4.74 Å². The number of hydrogen-bond donors (Lipinski definition) is 1. The number of nitrogens with one attached hydrogen (secondary N) is 1. The molecule has 0 saturated heterocycles. The number of halogens is 1. The Kier molecular flexibility index (Phi) is 5.23. The Morgan fingerprint density at radius 3 is 2.62 bits per heavy atom. The first-order chi connectivity index (χ1) is 10.3. The van der Waals surface area contributed by atoms with Crippen molar-refractivity contribution in [1.82, 2.24) is 5.32 Å². The summed E-state index contributed by atoms with van der Waals surface area (Å²) < 4.78 is 6.70. The van der Waals surface area contributed by atoms with Gasteiger partial charge in [-0.1, -0.05) is 28.8 Å². The first kappa shape index (κ1) is 15.4. The van der Waals surface area contributed by atoms with E-state index in [0.717, 1.165) is 34.5 Å². The molecule has 3 heteroatoms. The normalized spacial score (nSPS) is 25.8. The zero-order valence-electron chi connectivity index (χ0n) is 12.9. The third kappa shape index (κ3) is 4.23. The van der Waals surface area contributed by atoms with Crippen LogP contribution >= 0.6 is 15.9 Å². The average molecular weight is 352 g/mol. The molecule has 2 unspecified atom stereocenters. The van der Waals surface area contributed by atoms with E-state index < -0.39 is 0 Å². The van der Waals surface area contributed by atoms with Crippen LogP contribution in [0.1, 0.15) is 44.1 Å². The first-order valence-electron chi connectivity index (χ1n) is 8.32. The lowest BCUT2D eigenvalue weighted by molar-refractivity contribution is 0.226. The largest absolute Gasteiger partial charge is 0.496 e. The van der Waals surface area contributed by atoms with Gasteiger partial charge in [0.1, 0.15) is 5.75 Å². The van der Waals surface area contributed by atoms with Crippen LogP contribution in [0.2, 0.25) is 0 Å². The van der Waals surface area contributed by atoms with Gasteiger partial charge in [0.2, 0.25) is 0 Å². The number of methoxy groups -OCH3 is 1. The summed E-state index contributed by atoms with van der Waals surface area (Å²) in [6.45, 7) is 1.21. The Bertz CT molecular complexity index is 472. The Morgan fingerprint density at radius 1 is 1.14 bits per heavy atom. The van der Waals surface area contributed by atoms with Crippen molar-refractivity contribution in [3.05, 3.63) is 28.2 Å². The second-order valence-corrected chi connectivity index (χ2v) is 7.56. The molecule has 2 atom stereocenters. The molecule has 2 fully saturated rings. The van der Waals surface area contributed by atoms with E-state index in [-0.39, 0.29) is 0 Å². The molecule has 2 nitrogen and oxygen atoms in total. The standard InChI is InChI=1S/C18H26BrNO/c1-21-18-9-6-16(19)11-15(18)10-13-4-2-3-5-14(13)12-20-17-7-8-17/h6,9,11,13-14,17,20H,2-5,7-8,10,12H2,1H3. The molecule has 0 spiro atoms. The number of ether oxygens (including phenoxy) is 1. The molecule has 116 valence electrons. The number of rotatable bonds is 6. The molecule has 2 aliphatic rings. The van der Waals surface area contributed by atoms with Gasteiger partial charge in [-0.3, -0.25) is 0 Å². The van der Waals surface area contributed by atoms with Gasteiger partial charge < -0.3 is 10.1 Å². The molecule has 21 heavy (non-hydrogen) atoms. The van der Waals surface area contributed by atoms with Gasteiger partial charge in [-0.05, 0) is 74.2 Å². The molecular formula is C18H26BrNO. The van der Waals surface area contributed by atoms with E-state index in [0.29, 0.717) is 0 Å². The summed E-state index contributed by atoms with van der Waals surface area (Å²) in [5.74, 6) is 2.67. The fourth-order valence-corrected chi connectivity index (χ4v) is 4.03. The maximum Gasteiger partial charge on any atom is 0.122 e. The van der Waals surface area contributed by atoms with Crippen molar-refractivity contribution in [3.8, 4) is 5.75 Å². The van der Waals surface area contributed by atoms with Crippen LogP contribution in [-0.2, 0) is 6.42 Å². The molecule has 2 saturated carbocycles. The van der Waals surface area contributed by atoms with Gasteiger partial charge in [0.25, 0.3) is 0 Å². The van der Waals surface area contributed by atoms with Crippen LogP contribution in [0.3, 0.4) is 0 Å². The predicted molar refractivity (Wildman–Crippen MR) is 90.9 cm³/mol. The topological polar surface area (TPSA) is 21.3 Å². The molecule has 2 aliphatic carbocycles. The SMILES string of the molecule is COc1ccc(Br)cc1CC1CCCCC1CNC1CC1. The summed E-state index contributed by atoms with van der Waals surface area (Å²) in [6.07, 6.45) is 9.48. The third-order valence-corrected chi connectivity index (χ3v) is 5.53. The van der Waals surface area contributed by atoms with Crippen LogP contribution in [0, 0.1) is 11.8 Å². The Hall–Kier alpha value is -0.540. The predicted octanol–water partition coefficient (Wildman–Crippen LogP) is 4.56. The highest BCUT2D eigenvalue weighted by Gasteiger charge is 2.28. The van der Waals surface area contributed by atoms with Crippen LogP contribution in [0.25, 0.3) is 0 Å². The van der Waals surface area contributed by atoms with Crippen LogP contribution < -0.4 is 10.1 Å². The summed E-state index contributed by atoms with van der Waals surface area (Å²) >= 11 is 3.60. The van der Waals surface area contributed by atoms with Crippen molar-refractivity contribution in [3.63, 3.8) is 0 Å². The van der Waals surface area contributed by atoms with Gasteiger partial charge in [0.15, 0.2) is 0 Å². The maximum absolute atomic E-state index is 5.55. The van der Waals surface area contributed by atoms with E-state index in [1.54, 1.807) is 7.11 Å². The van der Waals surface area contributed by atoms with E-state index in [2.05, 4.69) is 39.4 Å². The summed E-state index contributed by atoms with van der Waals surface area (Å²) in [7, 11) is 1.78. The number of benzene rings is 1. The van der Waals surface area contributed by atoms with E-state index >= 15 is 0 Å². The Morgan fingerprint density at radius 2 is 1.90 bits per heavy atom. The molecule has 1 aromatic rings. The lowest BCUT2D eigenvalue weighted by Gasteiger charge is -2.32. The summed E-state index contributed by atoms with van der Waals surface area (Å²) in [6, 6.07) is 7.21. The lowest BCUT2D eigenvalue weighted by Crippen LogP contribution is -2.32. The highest BCUT2D eigenvalue weighted by molar-refractivity contribution is 9.10. The van der Waals surface area contributed by atoms with Crippen molar-refractivity contribution in [2.75, 3.05) is 13.7 Å².